The first-order valence-electron chi connectivity index (χ1n) is 20.4. The molecule has 0 unspecified atom stereocenters. The number of hydrogen-bond acceptors (Lipinski definition) is 17. The lowest BCUT2D eigenvalue weighted by Gasteiger charge is -2.26. The molecular weight excluding hydrogens is 886 g/mol. The van der Waals surface area contributed by atoms with E-state index in [0.29, 0.717) is 46.5 Å². The summed E-state index contributed by atoms with van der Waals surface area (Å²) in [4.78, 5) is 70.4. The Hall–Kier alpha value is -7.42. The largest absolute Gasteiger partial charge is 0.469 e. The highest BCUT2D eigenvalue weighted by Gasteiger charge is 2.34. The van der Waals surface area contributed by atoms with Crippen LogP contribution in [0.4, 0.5) is 41.4 Å². The minimum atomic E-state index is -0.564. The number of ether oxygens (including phenoxy) is 4. The molecule has 22 heteroatoms. The number of methoxy groups -OCH3 is 2. The van der Waals surface area contributed by atoms with Gasteiger partial charge in [0.1, 0.15) is 54.9 Å². The second-order valence-electron chi connectivity index (χ2n) is 14.8. The number of aromatic nitrogens is 2. The summed E-state index contributed by atoms with van der Waals surface area (Å²) >= 11 is 0. The Morgan fingerprint density at radius 2 is 1.21 bits per heavy atom. The number of hydrazone groups is 2. The van der Waals surface area contributed by atoms with Crippen molar-refractivity contribution >= 4 is 79.0 Å². The number of nitrogens with one attached hydrogen (secondary N) is 1. The number of carbonyl (C=O) groups is 5. The van der Waals surface area contributed by atoms with E-state index in [-0.39, 0.29) is 50.3 Å². The van der Waals surface area contributed by atoms with Gasteiger partial charge in [-0.3, -0.25) is 24.4 Å². The molecule has 0 saturated carbocycles. The molecule has 4 aromatic rings. The molecule has 0 spiro atoms. The van der Waals surface area contributed by atoms with Crippen LogP contribution in [0, 0.1) is 11.6 Å². The Morgan fingerprint density at radius 3 is 1.59 bits per heavy atom. The summed E-state index contributed by atoms with van der Waals surface area (Å²) in [7, 11) is 4.52. The zero-order valence-electron chi connectivity index (χ0n) is 36.4. The second-order valence-corrected chi connectivity index (χ2v) is 14.8. The van der Waals surface area contributed by atoms with Crippen molar-refractivity contribution in [3.05, 3.63) is 84.7 Å². The van der Waals surface area contributed by atoms with Gasteiger partial charge in [0.05, 0.1) is 51.8 Å². The summed E-state index contributed by atoms with van der Waals surface area (Å²) < 4.78 is 49.5. The SMILES string of the molecule is C=O.COC(=O)CC[C@H]1CN(c2ccc(-c3ccc(N4C=NN(C)CC4)nc3)c(F)c2)C(=O)O1.COC(=O)CC[C@H]1CN(c2ccc(-c3ccc(N4C=NNCC4)nc3)c(F)c2)C(=O)O1.Cl. The van der Waals surface area contributed by atoms with E-state index in [9.17, 15) is 28.0 Å². The van der Waals surface area contributed by atoms with E-state index < -0.39 is 36.0 Å². The van der Waals surface area contributed by atoms with E-state index in [2.05, 4.69) is 35.1 Å². The zero-order chi connectivity index (χ0) is 46.5. The molecule has 2 aromatic carbocycles. The smallest absolute Gasteiger partial charge is 0.414 e. The molecule has 1 N–H and O–H groups in total. The molecule has 8 rings (SSSR count). The molecule has 66 heavy (non-hydrogen) atoms. The lowest BCUT2D eigenvalue weighted by atomic mass is 10.1. The summed E-state index contributed by atoms with van der Waals surface area (Å²) in [5, 5.41) is 10.1. The third-order valence-electron chi connectivity index (χ3n) is 10.6. The van der Waals surface area contributed by atoms with E-state index >= 15 is 0 Å². The maximum absolute atomic E-state index is 14.9. The third-order valence-corrected chi connectivity index (χ3v) is 10.6. The van der Waals surface area contributed by atoms with Gasteiger partial charge in [-0.25, -0.2) is 28.3 Å². The Labute approximate surface area is 385 Å². The third kappa shape index (κ3) is 12.4. The van der Waals surface area contributed by atoms with Crippen molar-refractivity contribution in [3.63, 3.8) is 0 Å². The topological polar surface area (TPSA) is 201 Å². The normalized spacial score (nSPS) is 17.3. The van der Waals surface area contributed by atoms with Crippen molar-refractivity contribution in [3.8, 4) is 22.3 Å². The van der Waals surface area contributed by atoms with E-state index in [1.807, 2.05) is 40.8 Å². The number of nitrogens with zero attached hydrogens (tertiary/aromatic N) is 9. The number of carbonyl (C=O) groups excluding carboxylic acids is 5. The van der Waals surface area contributed by atoms with Gasteiger partial charge < -0.3 is 39.0 Å². The highest BCUT2D eigenvalue weighted by Crippen LogP contribution is 2.32. The number of rotatable bonds is 12. The zero-order valence-corrected chi connectivity index (χ0v) is 37.2. The van der Waals surface area contributed by atoms with Crippen molar-refractivity contribution in [2.75, 3.05) is 80.1 Å². The molecule has 350 valence electrons. The molecular formula is C44H49ClF2N10O9. The minimum absolute atomic E-state index is 0. The summed E-state index contributed by atoms with van der Waals surface area (Å²) in [6.07, 6.45) is 5.59. The number of amides is 2. The van der Waals surface area contributed by atoms with Crippen LogP contribution in [0.15, 0.2) is 83.3 Å². The number of cyclic esters (lactones) is 2. The van der Waals surface area contributed by atoms with Crippen LogP contribution >= 0.6 is 12.4 Å². The first-order chi connectivity index (χ1) is 31.5. The van der Waals surface area contributed by atoms with Crippen molar-refractivity contribution in [1.29, 1.82) is 0 Å². The van der Waals surface area contributed by atoms with Crippen molar-refractivity contribution in [1.82, 2.24) is 20.4 Å². The summed E-state index contributed by atoms with van der Waals surface area (Å²) in [5.74, 6) is -0.210. The fourth-order valence-corrected chi connectivity index (χ4v) is 7.04. The molecule has 2 amide bonds. The van der Waals surface area contributed by atoms with Gasteiger partial charge in [-0.2, -0.15) is 10.2 Å². The van der Waals surface area contributed by atoms with Crippen LogP contribution in [-0.4, -0.2) is 131 Å². The standard InChI is InChI=1S/C22H24FN5O4.C21H22FN5O4.CH2O.ClH/c1-26-9-10-27(14-25-26)20-7-3-15(12-24-20)18-6-4-16(11-19(18)23)28-13-17(32-22(28)30)5-8-21(29)31-2;1-30-20(28)7-4-16-12-27(21(29)31-16)15-3-5-17(18(22)10-15)14-2-6-19(23-11-14)26-9-8-24-25-13-26;1-2;/h3-4,6-7,11-12,14,17H,5,8-10,13H2,1-2H3;2-3,5-6,10-11,13,16,24H,4,7-9,12H2,1H3;1H2;1H/t17-;16-;;/m00../s1. The molecule has 2 fully saturated rings. The molecule has 19 nitrogen and oxygen atoms in total. The molecule has 4 aliphatic heterocycles. The average Bonchev–Trinajstić information content (AvgIpc) is 3.92. The fraction of sp³-hybridized carbons (Fsp3) is 0.341. The molecule has 2 atom stereocenters. The van der Waals surface area contributed by atoms with Crippen LogP contribution in [0.1, 0.15) is 25.7 Å². The van der Waals surface area contributed by atoms with Crippen LogP contribution < -0.4 is 25.0 Å². The van der Waals surface area contributed by atoms with Gasteiger partial charge in [-0.05, 0) is 73.5 Å². The highest BCUT2D eigenvalue weighted by atomic mass is 35.5. The first-order valence-corrected chi connectivity index (χ1v) is 20.4. The maximum Gasteiger partial charge on any atom is 0.414 e. The Kier molecular flexibility index (Phi) is 17.7. The predicted octanol–water partition coefficient (Wildman–Crippen LogP) is 5.62. The lowest BCUT2D eigenvalue weighted by molar-refractivity contribution is -0.142. The van der Waals surface area contributed by atoms with Gasteiger partial charge in [-0.1, -0.05) is 0 Å². The number of pyridine rings is 2. The van der Waals surface area contributed by atoms with E-state index in [1.54, 1.807) is 61.5 Å². The lowest BCUT2D eigenvalue weighted by Crippen LogP contribution is -2.36. The molecule has 2 aromatic heterocycles. The highest BCUT2D eigenvalue weighted by molar-refractivity contribution is 5.91. The van der Waals surface area contributed by atoms with Crippen LogP contribution in [0.25, 0.3) is 22.3 Å². The van der Waals surface area contributed by atoms with Gasteiger partial charge in [-0.15, -0.1) is 12.4 Å². The summed E-state index contributed by atoms with van der Waals surface area (Å²) in [6.45, 7) is 5.51. The number of likely N-dealkylation sites (N-methyl/N-ethyl adjacent to an activating group) is 1. The molecule has 0 radical (unpaired) electrons. The number of benzene rings is 2. The summed E-state index contributed by atoms with van der Waals surface area (Å²) in [5.41, 5.74) is 5.68. The van der Waals surface area contributed by atoms with Crippen LogP contribution in [-0.2, 0) is 33.3 Å². The Balaban J connectivity index is 0.000000235. The van der Waals surface area contributed by atoms with Crippen molar-refractivity contribution in [2.24, 2.45) is 10.2 Å². The number of hydrogen-bond donors (Lipinski definition) is 1. The quantitative estimate of drug-likeness (QED) is 0.136. The van der Waals surface area contributed by atoms with Gasteiger partial charge >= 0.3 is 24.1 Å². The van der Waals surface area contributed by atoms with E-state index in [0.717, 1.165) is 37.8 Å². The van der Waals surface area contributed by atoms with Gasteiger partial charge in [0.2, 0.25) is 0 Å². The molecule has 6 heterocycles. The van der Waals surface area contributed by atoms with Crippen molar-refractivity contribution < 1.29 is 51.7 Å². The average molecular weight is 935 g/mol. The predicted molar refractivity (Wildman–Crippen MR) is 244 cm³/mol. The van der Waals surface area contributed by atoms with Gasteiger partial charge in [0.25, 0.3) is 0 Å². The molecule has 0 bridgehead atoms. The van der Waals surface area contributed by atoms with Crippen molar-refractivity contribution in [2.45, 2.75) is 37.9 Å². The van der Waals surface area contributed by atoms with E-state index in [4.69, 9.17) is 14.3 Å². The van der Waals surface area contributed by atoms with E-state index in [1.165, 1.54) is 36.2 Å². The first kappa shape index (κ1) is 49.6. The molecule has 2 saturated heterocycles. The van der Waals surface area contributed by atoms with Crippen LogP contribution in [0.3, 0.4) is 0 Å². The monoisotopic (exact) mass is 934 g/mol. The number of esters is 2. The fourth-order valence-electron chi connectivity index (χ4n) is 7.04. The summed E-state index contributed by atoms with van der Waals surface area (Å²) in [6, 6.07) is 16.4. The molecule has 0 aliphatic carbocycles. The maximum atomic E-state index is 14.9. The Bertz CT molecular complexity index is 2380. The molecule has 4 aliphatic rings. The number of halogens is 3. The minimum Gasteiger partial charge on any atom is -0.469 e. The second kappa shape index (κ2) is 23.5. The van der Waals surface area contributed by atoms with Gasteiger partial charge in [0, 0.05) is 67.6 Å². The van der Waals surface area contributed by atoms with Crippen LogP contribution in [0.5, 0.6) is 0 Å². The van der Waals surface area contributed by atoms with Gasteiger partial charge in [0.15, 0.2) is 0 Å². The van der Waals surface area contributed by atoms with Crippen LogP contribution in [0.2, 0.25) is 0 Å². The Morgan fingerprint density at radius 1 is 0.727 bits per heavy atom. The number of anilines is 4.